The van der Waals surface area contributed by atoms with E-state index in [9.17, 15) is 14.9 Å². The van der Waals surface area contributed by atoms with Crippen molar-refractivity contribution >= 4 is 11.7 Å². The summed E-state index contributed by atoms with van der Waals surface area (Å²) in [4.78, 5) is 22.3. The van der Waals surface area contributed by atoms with E-state index in [0.29, 0.717) is 29.0 Å². The fraction of sp³-hybridized carbons (Fsp3) is 0.188. The second kappa shape index (κ2) is 6.71. The van der Waals surface area contributed by atoms with Gasteiger partial charge in [-0.15, -0.1) is 0 Å². The number of methoxy groups -OCH3 is 1. The largest absolute Gasteiger partial charge is 0.497 e. The summed E-state index contributed by atoms with van der Waals surface area (Å²) in [6.45, 7) is 2.03. The molecule has 0 bridgehead atoms. The minimum absolute atomic E-state index is 0.0526. The van der Waals surface area contributed by atoms with Gasteiger partial charge in [0, 0.05) is 0 Å². The fourth-order valence-corrected chi connectivity index (χ4v) is 2.03. The average molecular weight is 301 g/mol. The highest BCUT2D eigenvalue weighted by Gasteiger charge is 2.17. The molecule has 0 aliphatic heterocycles. The van der Waals surface area contributed by atoms with E-state index in [4.69, 9.17) is 9.47 Å². The lowest BCUT2D eigenvalue weighted by Gasteiger charge is -2.07. The van der Waals surface area contributed by atoms with Crippen LogP contribution in [0.5, 0.6) is 5.75 Å². The van der Waals surface area contributed by atoms with Crippen LogP contribution in [-0.2, 0) is 4.74 Å². The Balaban J connectivity index is 2.40. The van der Waals surface area contributed by atoms with Crippen LogP contribution in [-0.4, -0.2) is 24.6 Å². The fourth-order valence-electron chi connectivity index (χ4n) is 2.03. The molecule has 0 spiro atoms. The van der Waals surface area contributed by atoms with E-state index in [1.54, 1.807) is 43.3 Å². The molecule has 2 aromatic carbocycles. The quantitative estimate of drug-likeness (QED) is 0.480. The summed E-state index contributed by atoms with van der Waals surface area (Å²) in [5.41, 5.74) is 1.45. The van der Waals surface area contributed by atoms with Crippen LogP contribution in [0.4, 0.5) is 5.69 Å². The summed E-state index contributed by atoms with van der Waals surface area (Å²) < 4.78 is 9.91. The summed E-state index contributed by atoms with van der Waals surface area (Å²) in [5, 5.41) is 11.2. The summed E-state index contributed by atoms with van der Waals surface area (Å²) in [6, 6.07) is 11.1. The zero-order valence-electron chi connectivity index (χ0n) is 12.2. The summed E-state index contributed by atoms with van der Waals surface area (Å²) in [6.07, 6.45) is 0. The Morgan fingerprint density at radius 1 is 1.18 bits per heavy atom. The molecule has 0 N–H and O–H groups in total. The van der Waals surface area contributed by atoms with Crippen molar-refractivity contribution in [1.29, 1.82) is 0 Å². The van der Waals surface area contributed by atoms with Crippen molar-refractivity contribution in [2.75, 3.05) is 13.7 Å². The van der Waals surface area contributed by atoms with Crippen molar-refractivity contribution in [3.05, 3.63) is 58.1 Å². The first-order valence-electron chi connectivity index (χ1n) is 6.66. The summed E-state index contributed by atoms with van der Waals surface area (Å²) in [5.74, 6) is -0.00289. The minimum Gasteiger partial charge on any atom is -0.497 e. The molecule has 114 valence electrons. The number of hydrogen-bond acceptors (Lipinski definition) is 5. The van der Waals surface area contributed by atoms with Crippen molar-refractivity contribution in [1.82, 2.24) is 0 Å². The van der Waals surface area contributed by atoms with Crippen molar-refractivity contribution in [2.45, 2.75) is 6.92 Å². The van der Waals surface area contributed by atoms with E-state index < -0.39 is 10.9 Å². The van der Waals surface area contributed by atoms with Gasteiger partial charge in [0.15, 0.2) is 0 Å². The Morgan fingerprint density at radius 2 is 1.86 bits per heavy atom. The molecule has 0 saturated heterocycles. The molecule has 6 heteroatoms. The maximum atomic E-state index is 11.6. The van der Waals surface area contributed by atoms with Gasteiger partial charge in [-0.1, -0.05) is 12.1 Å². The van der Waals surface area contributed by atoms with Crippen LogP contribution >= 0.6 is 0 Å². The van der Waals surface area contributed by atoms with Crippen LogP contribution in [0.3, 0.4) is 0 Å². The number of nitrogens with zero attached hydrogens (tertiary/aromatic N) is 1. The monoisotopic (exact) mass is 301 g/mol. The normalized spacial score (nSPS) is 10.1. The van der Waals surface area contributed by atoms with E-state index in [2.05, 4.69) is 0 Å². The first-order chi connectivity index (χ1) is 10.6. The molecule has 0 radical (unpaired) electrons. The summed E-state index contributed by atoms with van der Waals surface area (Å²) in [7, 11) is 1.45. The predicted octanol–water partition coefficient (Wildman–Crippen LogP) is 3.45. The Morgan fingerprint density at radius 3 is 2.41 bits per heavy atom. The molecule has 22 heavy (non-hydrogen) atoms. The lowest BCUT2D eigenvalue weighted by molar-refractivity contribution is -0.384. The van der Waals surface area contributed by atoms with Gasteiger partial charge >= 0.3 is 5.97 Å². The first-order valence-corrected chi connectivity index (χ1v) is 6.66. The molecule has 6 nitrogen and oxygen atoms in total. The Hall–Kier alpha value is -2.89. The van der Waals surface area contributed by atoms with E-state index in [1.165, 1.54) is 13.2 Å². The molecule has 0 unspecified atom stereocenters. The molecule has 0 saturated carbocycles. The average Bonchev–Trinajstić information content (AvgIpc) is 2.54. The molecule has 0 heterocycles. The Kier molecular flexibility index (Phi) is 4.73. The van der Waals surface area contributed by atoms with Gasteiger partial charge in [-0.05, 0) is 36.8 Å². The van der Waals surface area contributed by atoms with Crippen LogP contribution in [0.25, 0.3) is 11.1 Å². The first kappa shape index (κ1) is 15.5. The van der Waals surface area contributed by atoms with Gasteiger partial charge in [0.1, 0.15) is 5.75 Å². The molecule has 0 atom stereocenters. The van der Waals surface area contributed by atoms with Crippen LogP contribution in [0.15, 0.2) is 42.5 Å². The van der Waals surface area contributed by atoms with Gasteiger partial charge in [-0.2, -0.15) is 0 Å². The van der Waals surface area contributed by atoms with Crippen molar-refractivity contribution in [2.24, 2.45) is 0 Å². The lowest BCUT2D eigenvalue weighted by atomic mass is 10.0. The molecular formula is C16H15NO5. The smallest absolute Gasteiger partial charge is 0.338 e. The third kappa shape index (κ3) is 3.22. The number of ether oxygens (including phenoxy) is 2. The van der Waals surface area contributed by atoms with Gasteiger partial charge < -0.3 is 9.47 Å². The minimum atomic E-state index is -0.461. The molecule has 0 aliphatic rings. The molecule has 0 aromatic heterocycles. The van der Waals surface area contributed by atoms with Crippen LogP contribution in [0.2, 0.25) is 0 Å². The second-order valence-corrected chi connectivity index (χ2v) is 4.44. The standard InChI is InChI=1S/C16H15NO5/c1-3-22-16(18)12-6-4-11(5-7-12)14-9-8-13(21-2)10-15(14)17(19)20/h4-10H,3H2,1-2H3. The highest BCUT2D eigenvalue weighted by molar-refractivity contribution is 5.90. The third-order valence-corrected chi connectivity index (χ3v) is 3.11. The number of hydrogen-bond donors (Lipinski definition) is 0. The van der Waals surface area contributed by atoms with Crippen LogP contribution < -0.4 is 4.74 Å². The molecule has 0 aliphatic carbocycles. The zero-order valence-corrected chi connectivity index (χ0v) is 12.2. The molecule has 2 aromatic rings. The molecular weight excluding hydrogens is 286 g/mol. The van der Waals surface area contributed by atoms with Crippen molar-refractivity contribution in [3.63, 3.8) is 0 Å². The predicted molar refractivity (Wildman–Crippen MR) is 81.0 cm³/mol. The number of nitro benzene ring substituents is 1. The topological polar surface area (TPSA) is 78.7 Å². The number of carbonyl (C=O) groups is 1. The van der Waals surface area contributed by atoms with E-state index >= 15 is 0 Å². The maximum Gasteiger partial charge on any atom is 0.338 e. The highest BCUT2D eigenvalue weighted by Crippen LogP contribution is 2.33. The van der Waals surface area contributed by atoms with E-state index in [1.807, 2.05) is 0 Å². The Labute approximate surface area is 127 Å². The van der Waals surface area contributed by atoms with Gasteiger partial charge in [0.25, 0.3) is 5.69 Å². The lowest BCUT2D eigenvalue weighted by Crippen LogP contribution is -2.04. The zero-order chi connectivity index (χ0) is 16.1. The summed E-state index contributed by atoms with van der Waals surface area (Å²) >= 11 is 0. The number of nitro groups is 1. The van der Waals surface area contributed by atoms with Crippen molar-refractivity contribution < 1.29 is 19.2 Å². The molecule has 0 fully saturated rings. The van der Waals surface area contributed by atoms with Crippen LogP contribution in [0.1, 0.15) is 17.3 Å². The molecule has 0 amide bonds. The SMILES string of the molecule is CCOC(=O)c1ccc(-c2ccc(OC)cc2[N+](=O)[O-])cc1. The number of rotatable bonds is 5. The van der Waals surface area contributed by atoms with Gasteiger partial charge in [0.2, 0.25) is 0 Å². The van der Waals surface area contributed by atoms with Gasteiger partial charge in [-0.3, -0.25) is 10.1 Å². The van der Waals surface area contributed by atoms with Gasteiger partial charge in [-0.25, -0.2) is 4.79 Å². The maximum absolute atomic E-state index is 11.6. The van der Waals surface area contributed by atoms with Crippen molar-refractivity contribution in [3.8, 4) is 16.9 Å². The second-order valence-electron chi connectivity index (χ2n) is 4.44. The number of esters is 1. The third-order valence-electron chi connectivity index (χ3n) is 3.11. The Bertz CT molecular complexity index is 694. The number of benzene rings is 2. The number of carbonyl (C=O) groups excluding carboxylic acids is 1. The van der Waals surface area contributed by atoms with E-state index in [-0.39, 0.29) is 5.69 Å². The molecule has 2 rings (SSSR count). The van der Waals surface area contributed by atoms with E-state index in [0.717, 1.165) is 0 Å². The van der Waals surface area contributed by atoms with Gasteiger partial charge in [0.05, 0.1) is 35.8 Å². The van der Waals surface area contributed by atoms with Crippen LogP contribution in [0, 0.1) is 10.1 Å². The highest BCUT2D eigenvalue weighted by atomic mass is 16.6.